The molecule has 2 saturated carbocycles. The number of methoxy groups -OCH3 is 1. The Kier molecular flexibility index (Phi) is 6.47. The van der Waals surface area contributed by atoms with Gasteiger partial charge in [-0.3, -0.25) is 4.79 Å². The van der Waals surface area contributed by atoms with Crippen LogP contribution in [0.4, 0.5) is 0 Å². The highest BCUT2D eigenvalue weighted by atomic mass is 16.5. The summed E-state index contributed by atoms with van der Waals surface area (Å²) in [6, 6.07) is 15.9. The van der Waals surface area contributed by atoms with Crippen molar-refractivity contribution in [2.75, 3.05) is 7.11 Å². The maximum Gasteiger partial charge on any atom is 0.156 e. The van der Waals surface area contributed by atoms with Crippen molar-refractivity contribution in [3.05, 3.63) is 88.0 Å². The zero-order chi connectivity index (χ0) is 27.2. The minimum atomic E-state index is -1.12. The summed E-state index contributed by atoms with van der Waals surface area (Å²) >= 11 is 0. The molecule has 0 amide bonds. The van der Waals surface area contributed by atoms with Gasteiger partial charge < -0.3 is 15.1 Å². The van der Waals surface area contributed by atoms with E-state index in [0.717, 1.165) is 49.0 Å². The summed E-state index contributed by atoms with van der Waals surface area (Å²) in [6.45, 7) is 2.25. The number of fused-ring (bicyclic) bond motifs is 4. The van der Waals surface area contributed by atoms with Crippen LogP contribution in [0.15, 0.2) is 76.5 Å². The molecule has 2 fully saturated rings. The van der Waals surface area contributed by atoms with Gasteiger partial charge in [-0.2, -0.15) is 0 Å². The van der Waals surface area contributed by atoms with Crippen molar-refractivity contribution >= 4 is 12.0 Å². The maximum atomic E-state index is 12.3. The standard InChI is InChI=1S/C34H35NO4/c1-33-20-30(24-7-4-8-27(19-24)39-2)32-28-12-10-26(36)18-25(28)9-11-29(32)31(33)14-16-34(33,37)15-13-22-5-3-6-23(17-22)21-35-38/h3-8,17-19,21,29-31,37-38H,9-12,14,16,20H2,1-2H3/b35-21+/t29-,30+,31-,33-,34-/m0/s1. The molecular weight excluding hydrogens is 486 g/mol. The number of benzene rings is 2. The van der Waals surface area contributed by atoms with Crippen molar-refractivity contribution < 1.29 is 19.8 Å². The Morgan fingerprint density at radius 2 is 1.95 bits per heavy atom. The number of oxime groups is 1. The van der Waals surface area contributed by atoms with Crippen molar-refractivity contribution in [2.45, 2.75) is 63.4 Å². The quantitative estimate of drug-likeness (QED) is 0.219. The lowest BCUT2D eigenvalue weighted by molar-refractivity contribution is -0.114. The van der Waals surface area contributed by atoms with Gasteiger partial charge >= 0.3 is 0 Å². The van der Waals surface area contributed by atoms with Crippen LogP contribution in [0.3, 0.4) is 0 Å². The van der Waals surface area contributed by atoms with Gasteiger partial charge in [0.1, 0.15) is 11.4 Å². The molecule has 2 N–H and O–H groups in total. The smallest absolute Gasteiger partial charge is 0.156 e. The van der Waals surface area contributed by atoms with Crippen LogP contribution in [0.2, 0.25) is 0 Å². The van der Waals surface area contributed by atoms with Crippen LogP contribution in [-0.4, -0.2) is 35.0 Å². The molecule has 6 rings (SSSR count). The lowest BCUT2D eigenvalue weighted by Gasteiger charge is -2.53. The number of rotatable bonds is 3. The topological polar surface area (TPSA) is 79.1 Å². The highest BCUT2D eigenvalue weighted by Crippen LogP contribution is 2.66. The van der Waals surface area contributed by atoms with Gasteiger partial charge in [-0.1, -0.05) is 53.8 Å². The number of carbonyl (C=O) groups excluding carboxylic acids is 1. The monoisotopic (exact) mass is 521 g/mol. The van der Waals surface area contributed by atoms with Crippen molar-refractivity contribution in [3.8, 4) is 17.6 Å². The minimum absolute atomic E-state index is 0.133. The summed E-state index contributed by atoms with van der Waals surface area (Å²) in [5.74, 6) is 8.49. The fourth-order valence-electron chi connectivity index (χ4n) is 7.97. The molecule has 2 aromatic carbocycles. The Bertz CT molecular complexity index is 1470. The number of hydrogen-bond acceptors (Lipinski definition) is 5. The highest BCUT2D eigenvalue weighted by molar-refractivity contribution is 5.93. The molecule has 0 unspecified atom stereocenters. The molecule has 5 heteroatoms. The number of aliphatic hydroxyl groups is 1. The average molecular weight is 522 g/mol. The number of allylic oxidation sites excluding steroid dienone is 4. The Labute approximate surface area is 230 Å². The van der Waals surface area contributed by atoms with Gasteiger partial charge in [0.25, 0.3) is 0 Å². The van der Waals surface area contributed by atoms with Gasteiger partial charge in [0.2, 0.25) is 0 Å². The van der Waals surface area contributed by atoms with E-state index in [1.807, 2.05) is 36.4 Å². The summed E-state index contributed by atoms with van der Waals surface area (Å²) < 4.78 is 5.60. The molecule has 4 aliphatic rings. The summed E-state index contributed by atoms with van der Waals surface area (Å²) in [6.07, 6.45) is 8.98. The molecule has 5 nitrogen and oxygen atoms in total. The highest BCUT2D eigenvalue weighted by Gasteiger charge is 2.62. The molecule has 200 valence electrons. The summed E-state index contributed by atoms with van der Waals surface area (Å²) in [7, 11) is 1.70. The van der Waals surface area contributed by atoms with E-state index in [1.54, 1.807) is 7.11 Å². The molecule has 0 spiro atoms. The van der Waals surface area contributed by atoms with Gasteiger partial charge in [0, 0.05) is 23.3 Å². The molecule has 0 bridgehead atoms. The predicted molar refractivity (Wildman–Crippen MR) is 151 cm³/mol. The SMILES string of the molecule is COc1cccc([C@H]2C[C@@]3(C)[C@@H](CC[C@@]3(O)C#Cc3cccc(/C=N/O)c3)[C@@H]3CCC4=CC(=O)CCC4=C32)c1. The van der Waals surface area contributed by atoms with E-state index in [1.165, 1.54) is 28.5 Å². The summed E-state index contributed by atoms with van der Waals surface area (Å²) in [5.41, 5.74) is 5.36. The van der Waals surface area contributed by atoms with Crippen LogP contribution in [0.5, 0.6) is 5.75 Å². The van der Waals surface area contributed by atoms with Crippen LogP contribution in [0.1, 0.15) is 74.5 Å². The second-order valence-corrected chi connectivity index (χ2v) is 11.8. The number of nitrogens with zero attached hydrogens (tertiary/aromatic N) is 1. The molecular formula is C34H35NO4. The number of hydrogen-bond donors (Lipinski definition) is 2. The van der Waals surface area contributed by atoms with E-state index < -0.39 is 11.0 Å². The summed E-state index contributed by atoms with van der Waals surface area (Å²) in [5, 5.41) is 24.3. The van der Waals surface area contributed by atoms with Gasteiger partial charge in [-0.25, -0.2) is 0 Å². The summed E-state index contributed by atoms with van der Waals surface area (Å²) in [4.78, 5) is 12.3. The number of ketones is 1. The van der Waals surface area contributed by atoms with Gasteiger partial charge in [0.15, 0.2) is 5.78 Å². The first-order valence-electron chi connectivity index (χ1n) is 14.0. The van der Waals surface area contributed by atoms with E-state index in [4.69, 9.17) is 9.94 Å². The van der Waals surface area contributed by atoms with Crippen LogP contribution in [0, 0.1) is 29.1 Å². The van der Waals surface area contributed by atoms with Crippen LogP contribution >= 0.6 is 0 Å². The molecule has 2 aromatic rings. The van der Waals surface area contributed by atoms with E-state index in [9.17, 15) is 9.90 Å². The number of ether oxygens (including phenoxy) is 1. The number of carbonyl (C=O) groups is 1. The van der Waals surface area contributed by atoms with Gasteiger partial charge in [-0.05, 0) is 103 Å². The zero-order valence-electron chi connectivity index (χ0n) is 22.6. The molecule has 39 heavy (non-hydrogen) atoms. The van der Waals surface area contributed by atoms with E-state index in [0.29, 0.717) is 24.7 Å². The lowest BCUT2D eigenvalue weighted by atomic mass is 9.51. The van der Waals surface area contributed by atoms with Gasteiger partial charge in [0.05, 0.1) is 13.3 Å². The van der Waals surface area contributed by atoms with E-state index in [2.05, 4.69) is 42.1 Å². The Morgan fingerprint density at radius 1 is 1.10 bits per heavy atom. The Balaban J connectivity index is 1.45. The third kappa shape index (κ3) is 4.32. The molecule has 0 saturated heterocycles. The normalized spacial score (nSPS) is 31.6. The van der Waals surface area contributed by atoms with Crippen LogP contribution in [-0.2, 0) is 4.79 Å². The molecule has 4 aliphatic carbocycles. The minimum Gasteiger partial charge on any atom is -0.497 e. The van der Waals surface area contributed by atoms with Gasteiger partial charge in [-0.15, -0.1) is 0 Å². The van der Waals surface area contributed by atoms with Crippen molar-refractivity contribution in [3.63, 3.8) is 0 Å². The fraction of sp³-hybridized carbons (Fsp3) is 0.412. The molecule has 5 atom stereocenters. The largest absolute Gasteiger partial charge is 0.497 e. The third-order valence-electron chi connectivity index (χ3n) is 9.89. The molecule has 0 radical (unpaired) electrons. The van der Waals surface area contributed by atoms with Crippen molar-refractivity contribution in [1.82, 2.24) is 0 Å². The first-order valence-corrected chi connectivity index (χ1v) is 14.0. The first-order chi connectivity index (χ1) is 18.8. The van der Waals surface area contributed by atoms with Crippen LogP contribution in [0.25, 0.3) is 0 Å². The second-order valence-electron chi connectivity index (χ2n) is 11.8. The van der Waals surface area contributed by atoms with Crippen molar-refractivity contribution in [1.29, 1.82) is 0 Å². The second kappa shape index (κ2) is 9.84. The van der Waals surface area contributed by atoms with E-state index in [-0.39, 0.29) is 11.7 Å². The Morgan fingerprint density at radius 3 is 2.77 bits per heavy atom. The van der Waals surface area contributed by atoms with Crippen LogP contribution < -0.4 is 4.74 Å². The lowest BCUT2D eigenvalue weighted by Crippen LogP contribution is -2.51. The molecule has 0 aromatic heterocycles. The predicted octanol–water partition coefficient (Wildman–Crippen LogP) is 6.19. The average Bonchev–Trinajstić information content (AvgIpc) is 3.22. The van der Waals surface area contributed by atoms with E-state index >= 15 is 0 Å². The maximum absolute atomic E-state index is 12.3. The van der Waals surface area contributed by atoms with Crippen molar-refractivity contribution in [2.24, 2.45) is 22.4 Å². The Hall–Kier alpha value is -3.62. The zero-order valence-corrected chi connectivity index (χ0v) is 22.6. The molecule has 0 aliphatic heterocycles. The molecule has 0 heterocycles. The fourth-order valence-corrected chi connectivity index (χ4v) is 7.97. The first kappa shape index (κ1) is 25.6. The third-order valence-corrected chi connectivity index (χ3v) is 9.89.